The molecule has 0 spiro atoms. The molecule has 5 nitrogen and oxygen atoms in total. The first-order valence-electron chi connectivity index (χ1n) is 8.85. The molecule has 26 heavy (non-hydrogen) atoms. The second-order valence-corrected chi connectivity index (χ2v) is 7.70. The van der Waals surface area contributed by atoms with Crippen molar-refractivity contribution in [1.29, 1.82) is 5.26 Å². The number of hydrogen-bond donors (Lipinski definition) is 2. The van der Waals surface area contributed by atoms with Crippen molar-refractivity contribution in [2.24, 2.45) is 5.92 Å². The van der Waals surface area contributed by atoms with Gasteiger partial charge in [-0.2, -0.15) is 5.26 Å². The Morgan fingerprint density at radius 3 is 2.15 bits per heavy atom. The average molecular weight is 360 g/mol. The summed E-state index contributed by atoms with van der Waals surface area (Å²) >= 11 is 0. The number of nitriles is 1. The highest BCUT2D eigenvalue weighted by Gasteiger charge is 2.21. The van der Waals surface area contributed by atoms with E-state index in [2.05, 4.69) is 26.1 Å². The highest BCUT2D eigenvalue weighted by atomic mass is 16.3. The molecule has 5 heteroatoms. The molecule has 144 valence electrons. The number of anilines is 1. The van der Waals surface area contributed by atoms with Gasteiger partial charge in [0.2, 0.25) is 0 Å². The van der Waals surface area contributed by atoms with E-state index in [1.807, 2.05) is 63.2 Å². The van der Waals surface area contributed by atoms with Crippen LogP contribution in [0.4, 0.5) is 5.69 Å². The number of rotatable bonds is 6. The van der Waals surface area contributed by atoms with E-state index in [0.29, 0.717) is 6.42 Å². The number of benzene rings is 1. The molecule has 0 fully saturated rings. The number of carbonyl (C=O) groups excluding carboxylic acids is 1. The van der Waals surface area contributed by atoms with Crippen molar-refractivity contribution in [2.45, 2.75) is 46.6 Å². The van der Waals surface area contributed by atoms with Crippen molar-refractivity contribution < 1.29 is 9.90 Å². The first-order valence-corrected chi connectivity index (χ1v) is 8.85. The Balaban J connectivity index is 0.00000141. The number of hydrogen-bond acceptors (Lipinski definition) is 4. The molecule has 0 unspecified atom stereocenters. The first-order chi connectivity index (χ1) is 12.0. The van der Waals surface area contributed by atoms with E-state index in [1.165, 1.54) is 0 Å². The van der Waals surface area contributed by atoms with Crippen LogP contribution in [0.15, 0.2) is 29.8 Å². The lowest BCUT2D eigenvalue weighted by Gasteiger charge is -2.25. The summed E-state index contributed by atoms with van der Waals surface area (Å²) in [6.07, 6.45) is 1.98. The van der Waals surface area contributed by atoms with Crippen LogP contribution < -0.4 is 10.2 Å². The van der Waals surface area contributed by atoms with Crippen LogP contribution in [0.2, 0.25) is 0 Å². The van der Waals surface area contributed by atoms with Gasteiger partial charge in [-0.1, -0.05) is 32.9 Å². The summed E-state index contributed by atoms with van der Waals surface area (Å²) in [5, 5.41) is 20.9. The number of amides is 1. The van der Waals surface area contributed by atoms with Gasteiger partial charge in [0.15, 0.2) is 0 Å². The zero-order valence-corrected chi connectivity index (χ0v) is 17.1. The third-order valence-corrected chi connectivity index (χ3v) is 3.27. The van der Waals surface area contributed by atoms with Crippen molar-refractivity contribution in [1.82, 2.24) is 5.32 Å². The number of carbonyl (C=O) groups is 1. The Hall–Kier alpha value is -2.32. The van der Waals surface area contributed by atoms with Crippen LogP contribution in [0.3, 0.4) is 0 Å². The molecule has 2 N–H and O–H groups in total. The summed E-state index contributed by atoms with van der Waals surface area (Å²) in [5.41, 5.74) is 1.32. The molecule has 0 saturated heterocycles. The quantitative estimate of drug-likeness (QED) is 0.601. The van der Waals surface area contributed by atoms with Crippen LogP contribution in [0, 0.1) is 17.2 Å². The van der Waals surface area contributed by atoms with Crippen LogP contribution >= 0.6 is 0 Å². The minimum Gasteiger partial charge on any atom is -0.396 e. The average Bonchev–Trinajstić information content (AvgIpc) is 2.51. The number of aliphatic hydroxyl groups excluding tert-OH is 1. The smallest absolute Gasteiger partial charge is 0.262 e. The minimum atomic E-state index is -0.559. The zero-order chi connectivity index (χ0) is 20.3. The second kappa shape index (κ2) is 11.3. The van der Waals surface area contributed by atoms with Gasteiger partial charge in [0.05, 0.1) is 0 Å². The molecule has 0 radical (unpaired) electrons. The Labute approximate surface area is 158 Å². The van der Waals surface area contributed by atoms with Crippen LogP contribution in [0.1, 0.15) is 46.6 Å². The summed E-state index contributed by atoms with van der Waals surface area (Å²) in [4.78, 5) is 14.1. The van der Waals surface area contributed by atoms with E-state index in [9.17, 15) is 10.1 Å². The van der Waals surface area contributed by atoms with Gasteiger partial charge in [-0.3, -0.25) is 4.79 Å². The largest absolute Gasteiger partial charge is 0.396 e. The van der Waals surface area contributed by atoms with Crippen molar-refractivity contribution in [3.8, 4) is 6.07 Å². The van der Waals surface area contributed by atoms with Crippen molar-refractivity contribution in [2.75, 3.05) is 25.6 Å². The molecule has 0 aliphatic heterocycles. The van der Waals surface area contributed by atoms with Gasteiger partial charge >= 0.3 is 0 Å². The molecule has 0 aliphatic carbocycles. The van der Waals surface area contributed by atoms with E-state index >= 15 is 0 Å². The number of nitrogens with one attached hydrogen (secondary N) is 1. The third kappa shape index (κ3) is 9.85. The summed E-state index contributed by atoms with van der Waals surface area (Å²) in [7, 11) is 3.89. The highest BCUT2D eigenvalue weighted by molar-refractivity contribution is 6.02. The van der Waals surface area contributed by atoms with Gasteiger partial charge in [-0.05, 0) is 50.0 Å². The van der Waals surface area contributed by atoms with Gasteiger partial charge < -0.3 is 15.3 Å². The summed E-state index contributed by atoms with van der Waals surface area (Å²) in [5.74, 6) is 0.401. The van der Waals surface area contributed by atoms with E-state index in [4.69, 9.17) is 5.11 Å². The minimum absolute atomic E-state index is 0.0229. The zero-order valence-electron chi connectivity index (χ0n) is 17.1. The van der Waals surface area contributed by atoms with Crippen LogP contribution in [-0.2, 0) is 4.79 Å². The van der Waals surface area contributed by atoms with Crippen molar-refractivity contribution in [3.63, 3.8) is 0 Å². The van der Waals surface area contributed by atoms with Crippen LogP contribution in [-0.4, -0.2) is 37.3 Å². The topological polar surface area (TPSA) is 76.4 Å². The molecular formula is C21H33N3O2. The Kier molecular flexibility index (Phi) is 10.3. The van der Waals surface area contributed by atoms with Crippen molar-refractivity contribution in [3.05, 3.63) is 35.4 Å². The monoisotopic (exact) mass is 359 g/mol. The maximum absolute atomic E-state index is 12.2. The first kappa shape index (κ1) is 23.7. The van der Waals surface area contributed by atoms with E-state index in [-0.39, 0.29) is 12.2 Å². The third-order valence-electron chi connectivity index (χ3n) is 3.27. The predicted octanol–water partition coefficient (Wildman–Crippen LogP) is 3.60. The molecule has 0 aromatic heterocycles. The van der Waals surface area contributed by atoms with Gasteiger partial charge in [-0.25, -0.2) is 0 Å². The van der Waals surface area contributed by atoms with E-state index in [1.54, 1.807) is 6.08 Å². The molecule has 1 rings (SSSR count). The SMILES string of the molecule is CC(C)C.CN(C)c1ccc(/C=C(\C#N)C(=O)NC(C)(C)CCO)cc1. The highest BCUT2D eigenvalue weighted by Crippen LogP contribution is 2.15. The molecule has 1 aromatic rings. The molecular weight excluding hydrogens is 326 g/mol. The fourth-order valence-corrected chi connectivity index (χ4v) is 1.90. The Bertz CT molecular complexity index is 621. The fourth-order valence-electron chi connectivity index (χ4n) is 1.90. The van der Waals surface area contributed by atoms with Crippen molar-refractivity contribution >= 4 is 17.7 Å². The van der Waals surface area contributed by atoms with Gasteiger partial charge in [0.25, 0.3) is 5.91 Å². The maximum Gasteiger partial charge on any atom is 0.262 e. The van der Waals surface area contributed by atoms with Crippen LogP contribution in [0.5, 0.6) is 0 Å². The molecule has 0 atom stereocenters. The van der Waals surface area contributed by atoms with E-state index < -0.39 is 11.4 Å². The van der Waals surface area contributed by atoms with Gasteiger partial charge in [0, 0.05) is 31.9 Å². The Morgan fingerprint density at radius 1 is 1.27 bits per heavy atom. The summed E-state index contributed by atoms with van der Waals surface area (Å²) in [6.45, 7) is 10.1. The van der Waals surface area contributed by atoms with Gasteiger partial charge in [-0.15, -0.1) is 0 Å². The van der Waals surface area contributed by atoms with Crippen LogP contribution in [0.25, 0.3) is 6.08 Å². The van der Waals surface area contributed by atoms with Gasteiger partial charge in [0.1, 0.15) is 11.6 Å². The van der Waals surface area contributed by atoms with E-state index in [0.717, 1.165) is 17.2 Å². The fraction of sp³-hybridized carbons (Fsp3) is 0.524. The Morgan fingerprint density at radius 2 is 1.77 bits per heavy atom. The number of nitrogens with zero attached hydrogens (tertiary/aromatic N) is 2. The molecule has 1 amide bonds. The second-order valence-electron chi connectivity index (χ2n) is 7.70. The standard InChI is InChI=1S/C17H23N3O2.C4H10/c1-17(2,9-10-21)19-16(22)14(12-18)11-13-5-7-15(8-6-13)20(3)4;1-4(2)3/h5-8,11,21H,9-10H2,1-4H3,(H,19,22);4H,1-3H3/b14-11+;. The lowest BCUT2D eigenvalue weighted by atomic mass is 10.0. The lowest BCUT2D eigenvalue weighted by molar-refractivity contribution is -0.118. The molecule has 1 aromatic carbocycles. The maximum atomic E-state index is 12.2. The molecule has 0 aliphatic rings. The normalized spacial score (nSPS) is 11.3. The summed E-state index contributed by atoms with van der Waals surface area (Å²) < 4.78 is 0. The summed E-state index contributed by atoms with van der Waals surface area (Å²) in [6, 6.07) is 9.50. The molecule has 0 bridgehead atoms. The number of aliphatic hydroxyl groups is 1. The molecule has 0 heterocycles. The molecule has 0 saturated carbocycles. The lowest BCUT2D eigenvalue weighted by Crippen LogP contribution is -2.44. The predicted molar refractivity (Wildman–Crippen MR) is 109 cm³/mol.